The first kappa shape index (κ1) is 53.4. The first-order valence-electron chi connectivity index (χ1n) is 32.7. The van der Waals surface area contributed by atoms with Crippen LogP contribution in [0.5, 0.6) is 0 Å². The third-order valence-corrected chi connectivity index (χ3v) is 22.5. The molecule has 0 aliphatic heterocycles. The fraction of sp³-hybridized carbons (Fsp3) is 0. The summed E-state index contributed by atoms with van der Waals surface area (Å²) in [5.41, 5.74) is 24.0. The number of para-hydroxylation sites is 3. The van der Waals surface area contributed by atoms with Crippen molar-refractivity contribution in [1.82, 2.24) is 9.13 Å². The number of furan rings is 2. The normalized spacial score (nSPS) is 12.2. The summed E-state index contributed by atoms with van der Waals surface area (Å²) in [4.78, 5) is 0. The van der Waals surface area contributed by atoms with Crippen LogP contribution in [0.4, 0.5) is 0 Å². The number of benzene rings is 15. The zero-order valence-corrected chi connectivity index (χ0v) is 53.2. The highest BCUT2D eigenvalue weighted by Crippen LogP contribution is 2.47. The summed E-state index contributed by atoms with van der Waals surface area (Å²) in [6, 6.07) is 116. The molecule has 0 fully saturated rings. The van der Waals surface area contributed by atoms with Crippen LogP contribution in [0.2, 0.25) is 0 Å². The van der Waals surface area contributed by atoms with Gasteiger partial charge in [-0.1, -0.05) is 200 Å². The van der Waals surface area contributed by atoms with Gasteiger partial charge in [0.25, 0.3) is 0 Å². The minimum Gasteiger partial charge on any atom is -0.454 e. The lowest BCUT2D eigenvalue weighted by Crippen LogP contribution is -1.94. The molecule has 6 aromatic heterocycles. The molecule has 0 saturated carbocycles. The second-order valence-electron chi connectivity index (χ2n) is 25.4. The van der Waals surface area contributed by atoms with Crippen LogP contribution in [0.25, 0.3) is 206 Å². The van der Waals surface area contributed by atoms with Crippen molar-refractivity contribution in [1.29, 1.82) is 0 Å². The van der Waals surface area contributed by atoms with Crippen LogP contribution in [-0.4, -0.2) is 9.13 Å². The Morgan fingerprint density at radius 3 is 1.27 bits per heavy atom. The van der Waals surface area contributed by atoms with Gasteiger partial charge in [0.15, 0.2) is 11.2 Å². The number of hydrogen-bond donors (Lipinski definition) is 0. The highest BCUT2D eigenvalue weighted by atomic mass is 32.1. The number of rotatable bonds is 8. The first-order chi connectivity index (χ1) is 47.5. The van der Waals surface area contributed by atoms with Crippen molar-refractivity contribution in [2.75, 3.05) is 0 Å². The van der Waals surface area contributed by atoms with Crippen LogP contribution >= 0.6 is 22.7 Å². The SMILES string of the molecule is c1cc(-c2ccc(-n3c4ccccc4c4ccc5c6ccccc6oc5c43)cc2)cc(-c2ccc(-c3ccc4sc5ccccc5c4c3)cc2-c2ccc3oc4c(ccc5c6ccccc6n(-c6cccc(-c7ccc(-c8ccc9sc%10ccccc%10c9c8)cc7)c6)c54)c3c2)c1. The molecule has 21 aromatic rings. The lowest BCUT2D eigenvalue weighted by Gasteiger charge is -2.15. The second kappa shape index (κ2) is 20.7. The number of nitrogens with zero attached hydrogens (tertiary/aromatic N) is 2. The summed E-state index contributed by atoms with van der Waals surface area (Å²) in [5.74, 6) is 0. The molecule has 446 valence electrons. The predicted molar refractivity (Wildman–Crippen MR) is 408 cm³/mol. The number of fused-ring (bicyclic) bond motifs is 20. The minimum atomic E-state index is 0.846. The largest absolute Gasteiger partial charge is 0.454 e. The maximum atomic E-state index is 7.18. The van der Waals surface area contributed by atoms with E-state index in [1.807, 2.05) is 28.7 Å². The first-order valence-corrected chi connectivity index (χ1v) is 34.3. The average Bonchev–Trinajstić information content (AvgIpc) is 1.56. The third-order valence-electron chi connectivity index (χ3n) is 20.2. The van der Waals surface area contributed by atoms with E-state index < -0.39 is 0 Å². The smallest absolute Gasteiger partial charge is 0.160 e. The Kier molecular flexibility index (Phi) is 11.5. The van der Waals surface area contributed by atoms with Crippen molar-refractivity contribution in [3.63, 3.8) is 0 Å². The van der Waals surface area contributed by atoms with Crippen LogP contribution < -0.4 is 0 Å². The average molecular weight is 1260 g/mol. The van der Waals surface area contributed by atoms with Gasteiger partial charge in [-0.05, 0) is 182 Å². The third kappa shape index (κ3) is 8.13. The fourth-order valence-electron chi connectivity index (χ4n) is 15.6. The molecule has 0 bridgehead atoms. The standard InChI is InChI=1S/C90H52N2O2S2/c1-6-22-79-66(17-1)71-40-42-73-68-19-3-8-24-81(68)93-89(73)87(71)91(79)63-37-31-55(32-38-63)56-13-11-15-61(47-56)65-39-33-59(60-36-46-86-78(51-60)70-21-5-10-26-84(70)96-86)49-75(65)62-34-44-82-76(52-62)74-43-41-72-67-18-2-7-23-80(67)92(88(72)90(74)94-82)64-16-12-14-57(48-64)53-27-29-54(30-28-53)58-35-45-85-77(50-58)69-20-4-9-25-83(69)95-85/h1-52H. The Morgan fingerprint density at radius 2 is 0.625 bits per heavy atom. The highest BCUT2D eigenvalue weighted by Gasteiger charge is 2.23. The quantitative estimate of drug-likeness (QED) is 0.152. The van der Waals surface area contributed by atoms with Gasteiger partial charge < -0.3 is 18.0 Å². The van der Waals surface area contributed by atoms with Gasteiger partial charge in [-0.15, -0.1) is 22.7 Å². The van der Waals surface area contributed by atoms with Crippen LogP contribution in [0.3, 0.4) is 0 Å². The van der Waals surface area contributed by atoms with Crippen molar-refractivity contribution in [3.8, 4) is 78.1 Å². The van der Waals surface area contributed by atoms with Gasteiger partial charge in [0.1, 0.15) is 11.2 Å². The number of hydrogen-bond acceptors (Lipinski definition) is 4. The molecule has 0 unspecified atom stereocenters. The Bertz CT molecular complexity index is 6830. The molecule has 6 heterocycles. The molecular weight excluding hydrogens is 1210 g/mol. The lowest BCUT2D eigenvalue weighted by molar-refractivity contribution is 0.670. The lowest BCUT2D eigenvalue weighted by atomic mass is 9.89. The molecule has 0 N–H and O–H groups in total. The van der Waals surface area contributed by atoms with E-state index >= 15 is 0 Å². The molecule has 0 aliphatic carbocycles. The number of thiophene rings is 2. The van der Waals surface area contributed by atoms with Gasteiger partial charge in [-0.2, -0.15) is 0 Å². The van der Waals surface area contributed by atoms with E-state index in [0.29, 0.717) is 0 Å². The molecule has 21 rings (SSSR count). The van der Waals surface area contributed by atoms with E-state index in [4.69, 9.17) is 8.83 Å². The highest BCUT2D eigenvalue weighted by molar-refractivity contribution is 7.26. The predicted octanol–water partition coefficient (Wildman–Crippen LogP) is 26.4. The van der Waals surface area contributed by atoms with Gasteiger partial charge in [0.05, 0.1) is 22.1 Å². The van der Waals surface area contributed by atoms with Crippen molar-refractivity contribution in [2.45, 2.75) is 0 Å². The Balaban J connectivity index is 0.680. The second-order valence-corrected chi connectivity index (χ2v) is 27.6. The summed E-state index contributed by atoms with van der Waals surface area (Å²) < 4.78 is 23.9. The molecule has 0 saturated heterocycles. The van der Waals surface area contributed by atoms with E-state index in [9.17, 15) is 0 Å². The summed E-state index contributed by atoms with van der Waals surface area (Å²) in [5, 5.41) is 14.3. The van der Waals surface area contributed by atoms with E-state index in [2.05, 4.69) is 319 Å². The Hall–Kier alpha value is -12.1. The van der Waals surface area contributed by atoms with Crippen molar-refractivity contribution in [2.24, 2.45) is 0 Å². The Morgan fingerprint density at radius 1 is 0.208 bits per heavy atom. The molecule has 0 spiro atoms. The molecule has 15 aromatic carbocycles. The van der Waals surface area contributed by atoms with E-state index in [0.717, 1.165) is 133 Å². The molecule has 6 heteroatoms. The van der Waals surface area contributed by atoms with Gasteiger partial charge in [-0.3, -0.25) is 0 Å². The van der Waals surface area contributed by atoms with Gasteiger partial charge in [-0.25, -0.2) is 0 Å². The summed E-state index contributed by atoms with van der Waals surface area (Å²) >= 11 is 3.71. The van der Waals surface area contributed by atoms with Crippen molar-refractivity contribution in [3.05, 3.63) is 315 Å². The van der Waals surface area contributed by atoms with Gasteiger partial charge >= 0.3 is 0 Å². The zero-order chi connectivity index (χ0) is 62.7. The van der Waals surface area contributed by atoms with Crippen LogP contribution in [0.15, 0.2) is 324 Å². The van der Waals surface area contributed by atoms with E-state index in [1.54, 1.807) is 0 Å². The maximum absolute atomic E-state index is 7.18. The summed E-state index contributed by atoms with van der Waals surface area (Å²) in [7, 11) is 0. The topological polar surface area (TPSA) is 36.1 Å². The molecule has 0 radical (unpaired) electrons. The fourth-order valence-corrected chi connectivity index (χ4v) is 17.8. The zero-order valence-electron chi connectivity index (χ0n) is 51.5. The molecule has 0 amide bonds. The van der Waals surface area contributed by atoms with E-state index in [-0.39, 0.29) is 0 Å². The van der Waals surface area contributed by atoms with Gasteiger partial charge in [0, 0.05) is 94.8 Å². The van der Waals surface area contributed by atoms with Gasteiger partial charge in [0.2, 0.25) is 0 Å². The summed E-state index contributed by atoms with van der Waals surface area (Å²) in [6.07, 6.45) is 0. The summed E-state index contributed by atoms with van der Waals surface area (Å²) in [6.45, 7) is 0. The van der Waals surface area contributed by atoms with Crippen molar-refractivity contribution >= 4 is 151 Å². The van der Waals surface area contributed by atoms with Crippen LogP contribution in [0.1, 0.15) is 0 Å². The van der Waals surface area contributed by atoms with E-state index in [1.165, 1.54) is 73.2 Å². The minimum absolute atomic E-state index is 0.846. The molecule has 0 atom stereocenters. The molecular formula is C90H52N2O2S2. The van der Waals surface area contributed by atoms with Crippen molar-refractivity contribution < 1.29 is 8.83 Å². The van der Waals surface area contributed by atoms with Crippen LogP contribution in [-0.2, 0) is 0 Å². The molecule has 4 nitrogen and oxygen atoms in total. The maximum Gasteiger partial charge on any atom is 0.160 e. The molecule has 96 heavy (non-hydrogen) atoms. The molecule has 0 aliphatic rings. The Labute approximate surface area is 558 Å². The monoisotopic (exact) mass is 1260 g/mol. The number of aromatic nitrogens is 2. The van der Waals surface area contributed by atoms with Crippen LogP contribution in [0, 0.1) is 0 Å².